The first-order valence-corrected chi connectivity index (χ1v) is 8.29. The summed E-state index contributed by atoms with van der Waals surface area (Å²) in [5, 5.41) is 5.63. The number of thiazole rings is 1. The molecule has 112 valence electrons. The van der Waals surface area contributed by atoms with Crippen molar-refractivity contribution in [3.63, 3.8) is 0 Å². The third-order valence-corrected chi connectivity index (χ3v) is 4.61. The van der Waals surface area contributed by atoms with Crippen LogP contribution < -0.4 is 5.32 Å². The molecule has 0 fully saturated rings. The molecule has 5 heteroatoms. The van der Waals surface area contributed by atoms with E-state index in [0.29, 0.717) is 6.04 Å². The van der Waals surface area contributed by atoms with Crippen LogP contribution in [0, 0.1) is 6.92 Å². The molecule has 0 unspecified atom stereocenters. The molecule has 0 spiro atoms. The molecule has 0 amide bonds. The molecule has 0 saturated heterocycles. The van der Waals surface area contributed by atoms with Gasteiger partial charge in [-0.15, -0.1) is 11.3 Å². The fourth-order valence-corrected chi connectivity index (χ4v) is 3.01. The van der Waals surface area contributed by atoms with Crippen LogP contribution in [-0.2, 0) is 6.54 Å². The monoisotopic (exact) mass is 294 g/mol. The first-order chi connectivity index (χ1) is 9.59. The van der Waals surface area contributed by atoms with E-state index in [9.17, 15) is 0 Å². The smallest absolute Gasteiger partial charge is 0.194 e. The van der Waals surface area contributed by atoms with Gasteiger partial charge in [0, 0.05) is 24.2 Å². The lowest BCUT2D eigenvalue weighted by molar-refractivity contribution is 0.268. The molecule has 0 bridgehead atoms. The minimum atomic E-state index is 0.643. The largest absolute Gasteiger partial charge is 0.311 e. The van der Waals surface area contributed by atoms with Crippen LogP contribution in [0.25, 0.3) is 4.96 Å². The lowest BCUT2D eigenvalue weighted by atomic mass is 10.2. The number of unbranched alkanes of at least 4 members (excludes halogenated alkanes) is 1. The van der Waals surface area contributed by atoms with E-state index < -0.39 is 0 Å². The van der Waals surface area contributed by atoms with Crippen LogP contribution in [0.1, 0.15) is 38.1 Å². The van der Waals surface area contributed by atoms with Crippen molar-refractivity contribution in [1.82, 2.24) is 19.6 Å². The summed E-state index contributed by atoms with van der Waals surface area (Å²) >= 11 is 1.69. The van der Waals surface area contributed by atoms with E-state index in [1.807, 2.05) is 0 Å². The quantitative estimate of drug-likeness (QED) is 0.760. The molecule has 0 saturated carbocycles. The van der Waals surface area contributed by atoms with Gasteiger partial charge in [0.15, 0.2) is 4.96 Å². The second-order valence-electron chi connectivity index (χ2n) is 5.66. The number of imidazole rings is 1. The van der Waals surface area contributed by atoms with Crippen LogP contribution in [0.3, 0.4) is 0 Å². The van der Waals surface area contributed by atoms with Gasteiger partial charge in [0.1, 0.15) is 0 Å². The van der Waals surface area contributed by atoms with Crippen LogP contribution in [0.15, 0.2) is 11.6 Å². The average Bonchev–Trinajstić information content (AvgIpc) is 2.95. The van der Waals surface area contributed by atoms with Gasteiger partial charge in [-0.25, -0.2) is 4.98 Å². The zero-order valence-electron chi connectivity index (χ0n) is 13.0. The molecular formula is C15H26N4S. The van der Waals surface area contributed by atoms with E-state index in [-0.39, 0.29) is 0 Å². The highest BCUT2D eigenvalue weighted by molar-refractivity contribution is 7.15. The Bertz CT molecular complexity index is 529. The van der Waals surface area contributed by atoms with Crippen LogP contribution in [0.5, 0.6) is 0 Å². The van der Waals surface area contributed by atoms with Crippen molar-refractivity contribution in [2.75, 3.05) is 20.1 Å². The van der Waals surface area contributed by atoms with Gasteiger partial charge < -0.3 is 10.2 Å². The van der Waals surface area contributed by atoms with Crippen LogP contribution in [0.2, 0.25) is 0 Å². The Kier molecular flexibility index (Phi) is 5.57. The zero-order valence-corrected chi connectivity index (χ0v) is 13.8. The predicted octanol–water partition coefficient (Wildman–Crippen LogP) is 2.91. The molecular weight excluding hydrogens is 268 g/mol. The summed E-state index contributed by atoms with van der Waals surface area (Å²) in [7, 11) is 2.20. The second-order valence-corrected chi connectivity index (χ2v) is 6.53. The normalized spacial score (nSPS) is 12.1. The van der Waals surface area contributed by atoms with Gasteiger partial charge in [0.05, 0.1) is 11.4 Å². The first-order valence-electron chi connectivity index (χ1n) is 7.41. The molecule has 2 aromatic heterocycles. The maximum atomic E-state index is 4.57. The fourth-order valence-electron chi connectivity index (χ4n) is 2.23. The Labute approximate surface area is 125 Å². The molecule has 0 aliphatic heterocycles. The SMILES string of the molecule is Cc1nc2sccn2c1CNCCCCN(C)C(C)C. The third kappa shape index (κ3) is 3.81. The molecule has 2 heterocycles. The number of hydrogen-bond donors (Lipinski definition) is 1. The van der Waals surface area contributed by atoms with Gasteiger partial charge in [0.2, 0.25) is 0 Å². The van der Waals surface area contributed by atoms with Crippen molar-refractivity contribution in [2.24, 2.45) is 0 Å². The molecule has 0 radical (unpaired) electrons. The molecule has 0 aliphatic carbocycles. The number of hydrogen-bond acceptors (Lipinski definition) is 4. The first kappa shape index (κ1) is 15.5. The molecule has 20 heavy (non-hydrogen) atoms. The molecule has 2 aromatic rings. The minimum absolute atomic E-state index is 0.643. The minimum Gasteiger partial charge on any atom is -0.311 e. The Morgan fingerprint density at radius 1 is 1.40 bits per heavy atom. The molecule has 0 atom stereocenters. The van der Waals surface area contributed by atoms with Gasteiger partial charge in [-0.2, -0.15) is 0 Å². The van der Waals surface area contributed by atoms with Crippen molar-refractivity contribution in [1.29, 1.82) is 0 Å². The highest BCUT2D eigenvalue weighted by atomic mass is 32.1. The van der Waals surface area contributed by atoms with Gasteiger partial charge in [-0.05, 0) is 53.8 Å². The maximum Gasteiger partial charge on any atom is 0.194 e. The van der Waals surface area contributed by atoms with Crippen molar-refractivity contribution in [3.8, 4) is 0 Å². The number of nitrogens with zero attached hydrogens (tertiary/aromatic N) is 3. The molecule has 0 aromatic carbocycles. The fraction of sp³-hybridized carbons (Fsp3) is 0.667. The Morgan fingerprint density at radius 3 is 2.95 bits per heavy atom. The summed E-state index contributed by atoms with van der Waals surface area (Å²) < 4.78 is 2.19. The van der Waals surface area contributed by atoms with E-state index in [4.69, 9.17) is 0 Å². The number of aryl methyl sites for hydroxylation is 1. The summed E-state index contributed by atoms with van der Waals surface area (Å²) in [5.74, 6) is 0. The van der Waals surface area contributed by atoms with E-state index in [1.165, 1.54) is 25.1 Å². The summed E-state index contributed by atoms with van der Waals surface area (Å²) in [5.41, 5.74) is 2.43. The van der Waals surface area contributed by atoms with Crippen molar-refractivity contribution in [3.05, 3.63) is 23.0 Å². The summed E-state index contributed by atoms with van der Waals surface area (Å²) in [4.78, 5) is 8.06. The zero-order chi connectivity index (χ0) is 14.5. The maximum absolute atomic E-state index is 4.57. The predicted molar refractivity (Wildman–Crippen MR) is 86.5 cm³/mol. The van der Waals surface area contributed by atoms with E-state index >= 15 is 0 Å². The van der Waals surface area contributed by atoms with Gasteiger partial charge in [-0.1, -0.05) is 0 Å². The molecule has 4 nitrogen and oxygen atoms in total. The summed E-state index contributed by atoms with van der Waals surface area (Å²) in [6.07, 6.45) is 4.58. The van der Waals surface area contributed by atoms with E-state index in [0.717, 1.165) is 23.7 Å². The Morgan fingerprint density at radius 2 is 2.20 bits per heavy atom. The van der Waals surface area contributed by atoms with E-state index in [2.05, 4.69) is 59.0 Å². The van der Waals surface area contributed by atoms with Crippen molar-refractivity contribution < 1.29 is 0 Å². The number of aromatic nitrogens is 2. The summed E-state index contributed by atoms with van der Waals surface area (Å²) in [6, 6.07) is 0.643. The third-order valence-electron chi connectivity index (χ3n) is 3.85. The topological polar surface area (TPSA) is 32.6 Å². The Balaban J connectivity index is 1.69. The number of rotatable bonds is 8. The second kappa shape index (κ2) is 7.20. The number of fused-ring (bicyclic) bond motifs is 1. The molecule has 0 aliphatic rings. The van der Waals surface area contributed by atoms with E-state index in [1.54, 1.807) is 11.3 Å². The molecule has 2 rings (SSSR count). The number of nitrogens with one attached hydrogen (secondary N) is 1. The summed E-state index contributed by atoms with van der Waals surface area (Å²) in [6.45, 7) is 9.74. The standard InChI is InChI=1S/C15H26N4S/c1-12(2)18(4)8-6-5-7-16-11-14-13(3)17-15-19(14)9-10-20-15/h9-10,12,16H,5-8,11H2,1-4H3. The van der Waals surface area contributed by atoms with Crippen LogP contribution in [-0.4, -0.2) is 40.5 Å². The van der Waals surface area contributed by atoms with Gasteiger partial charge >= 0.3 is 0 Å². The highest BCUT2D eigenvalue weighted by Crippen LogP contribution is 2.16. The van der Waals surface area contributed by atoms with Crippen molar-refractivity contribution >= 4 is 16.3 Å². The highest BCUT2D eigenvalue weighted by Gasteiger charge is 2.08. The van der Waals surface area contributed by atoms with Crippen LogP contribution >= 0.6 is 11.3 Å². The van der Waals surface area contributed by atoms with Gasteiger partial charge in [0.25, 0.3) is 0 Å². The molecule has 1 N–H and O–H groups in total. The lowest BCUT2D eigenvalue weighted by Crippen LogP contribution is -2.27. The average molecular weight is 294 g/mol. The Hall–Kier alpha value is -0.910. The van der Waals surface area contributed by atoms with Crippen molar-refractivity contribution in [2.45, 2.75) is 46.2 Å². The van der Waals surface area contributed by atoms with Crippen LogP contribution in [0.4, 0.5) is 0 Å². The lowest BCUT2D eigenvalue weighted by Gasteiger charge is -2.20. The van der Waals surface area contributed by atoms with Gasteiger partial charge in [-0.3, -0.25) is 4.40 Å².